The summed E-state index contributed by atoms with van der Waals surface area (Å²) >= 11 is 0. The van der Waals surface area contributed by atoms with Crippen molar-refractivity contribution in [3.05, 3.63) is 35.4 Å². The van der Waals surface area contributed by atoms with Crippen molar-refractivity contribution in [1.82, 2.24) is 9.80 Å². The van der Waals surface area contributed by atoms with Crippen LogP contribution in [0.4, 0.5) is 4.79 Å². The second kappa shape index (κ2) is 5.37. The minimum atomic E-state index is -0.957. The molecule has 0 aromatic heterocycles. The van der Waals surface area contributed by atoms with E-state index in [2.05, 4.69) is 0 Å². The summed E-state index contributed by atoms with van der Waals surface area (Å²) in [6.45, 7) is 1.45. The number of rotatable bonds is 1. The SMILES string of the molecule is NC1CCN(C(=O)N2Cc3ccccc3C[C@H]2C(=O)O)C1. The highest BCUT2D eigenvalue weighted by Gasteiger charge is 2.37. The summed E-state index contributed by atoms with van der Waals surface area (Å²) in [7, 11) is 0. The predicted octanol–water partition coefficient (Wildman–Crippen LogP) is 0.651. The van der Waals surface area contributed by atoms with Crippen LogP contribution in [0.5, 0.6) is 0 Å². The van der Waals surface area contributed by atoms with E-state index in [4.69, 9.17) is 5.73 Å². The molecule has 2 atom stereocenters. The van der Waals surface area contributed by atoms with Crippen LogP contribution >= 0.6 is 0 Å². The molecular weight excluding hydrogens is 270 g/mol. The fourth-order valence-electron chi connectivity index (χ4n) is 3.09. The Balaban J connectivity index is 1.85. The first-order valence-electron chi connectivity index (χ1n) is 7.17. The summed E-state index contributed by atoms with van der Waals surface area (Å²) in [4.78, 5) is 27.2. The van der Waals surface area contributed by atoms with Gasteiger partial charge in [-0.1, -0.05) is 24.3 Å². The molecule has 1 unspecified atom stereocenters. The number of likely N-dealkylation sites (tertiary alicyclic amines) is 1. The largest absolute Gasteiger partial charge is 0.480 e. The molecule has 3 rings (SSSR count). The molecule has 0 aliphatic carbocycles. The van der Waals surface area contributed by atoms with Crippen molar-refractivity contribution in [2.75, 3.05) is 13.1 Å². The number of carbonyl (C=O) groups excluding carboxylic acids is 1. The van der Waals surface area contributed by atoms with Gasteiger partial charge in [-0.25, -0.2) is 9.59 Å². The molecule has 6 nitrogen and oxygen atoms in total. The Morgan fingerprint density at radius 1 is 1.24 bits per heavy atom. The molecule has 1 aromatic carbocycles. The van der Waals surface area contributed by atoms with Crippen molar-refractivity contribution in [2.24, 2.45) is 5.73 Å². The number of benzene rings is 1. The third-order valence-corrected chi connectivity index (χ3v) is 4.27. The van der Waals surface area contributed by atoms with Gasteiger partial charge >= 0.3 is 12.0 Å². The quantitative estimate of drug-likeness (QED) is 0.794. The molecule has 2 heterocycles. The van der Waals surface area contributed by atoms with Crippen LogP contribution in [0.1, 0.15) is 17.5 Å². The number of carboxylic acids is 1. The smallest absolute Gasteiger partial charge is 0.326 e. The van der Waals surface area contributed by atoms with Gasteiger partial charge in [0, 0.05) is 32.1 Å². The highest BCUT2D eigenvalue weighted by Crippen LogP contribution is 2.25. The summed E-state index contributed by atoms with van der Waals surface area (Å²) in [6, 6.07) is 6.66. The Hall–Kier alpha value is -2.08. The van der Waals surface area contributed by atoms with Crippen LogP contribution in [0.3, 0.4) is 0 Å². The van der Waals surface area contributed by atoms with Gasteiger partial charge in [0.05, 0.1) is 0 Å². The van der Waals surface area contributed by atoms with Crippen LogP contribution in [-0.2, 0) is 17.8 Å². The third kappa shape index (κ3) is 2.58. The summed E-state index contributed by atoms with van der Waals surface area (Å²) in [5.41, 5.74) is 7.86. The molecule has 2 aliphatic rings. The van der Waals surface area contributed by atoms with Crippen molar-refractivity contribution in [2.45, 2.75) is 31.5 Å². The molecule has 0 radical (unpaired) electrons. The van der Waals surface area contributed by atoms with Gasteiger partial charge in [0.25, 0.3) is 0 Å². The Labute approximate surface area is 123 Å². The first-order chi connectivity index (χ1) is 10.1. The molecule has 21 heavy (non-hydrogen) atoms. The Morgan fingerprint density at radius 3 is 2.57 bits per heavy atom. The standard InChI is InChI=1S/C15H19N3O3/c16-12-5-6-17(9-12)15(21)18-8-11-4-2-1-3-10(11)7-13(18)14(19)20/h1-4,12-13H,5-9,16H2,(H,19,20)/t12?,13-/m0/s1. The number of carbonyl (C=O) groups is 2. The van der Waals surface area contributed by atoms with Gasteiger partial charge in [-0.3, -0.25) is 0 Å². The maximum Gasteiger partial charge on any atom is 0.326 e. The van der Waals surface area contributed by atoms with E-state index in [-0.39, 0.29) is 12.1 Å². The molecule has 1 saturated heterocycles. The van der Waals surface area contributed by atoms with Gasteiger partial charge in [-0.2, -0.15) is 0 Å². The van der Waals surface area contributed by atoms with Crippen molar-refractivity contribution in [3.8, 4) is 0 Å². The van der Waals surface area contributed by atoms with Crippen LogP contribution in [0, 0.1) is 0 Å². The van der Waals surface area contributed by atoms with Gasteiger partial charge in [-0.05, 0) is 17.5 Å². The van der Waals surface area contributed by atoms with Crippen LogP contribution in [-0.4, -0.2) is 52.1 Å². The number of hydrogen-bond donors (Lipinski definition) is 2. The molecular formula is C15H19N3O3. The lowest BCUT2D eigenvalue weighted by atomic mass is 9.94. The molecule has 112 valence electrons. The fourth-order valence-corrected chi connectivity index (χ4v) is 3.09. The van der Waals surface area contributed by atoms with E-state index in [1.54, 1.807) is 4.90 Å². The summed E-state index contributed by atoms with van der Waals surface area (Å²) < 4.78 is 0. The second-order valence-electron chi connectivity index (χ2n) is 5.73. The van der Waals surface area contributed by atoms with Crippen molar-refractivity contribution < 1.29 is 14.7 Å². The molecule has 1 fully saturated rings. The number of nitrogens with two attached hydrogens (primary N) is 1. The Bertz CT molecular complexity index is 575. The maximum absolute atomic E-state index is 12.6. The summed E-state index contributed by atoms with van der Waals surface area (Å²) in [5.74, 6) is -0.957. The zero-order chi connectivity index (χ0) is 15.0. The number of nitrogens with zero attached hydrogens (tertiary/aromatic N) is 2. The van der Waals surface area contributed by atoms with Crippen LogP contribution in [0.25, 0.3) is 0 Å². The minimum Gasteiger partial charge on any atom is -0.480 e. The van der Waals surface area contributed by atoms with Crippen molar-refractivity contribution in [1.29, 1.82) is 0 Å². The molecule has 1 aromatic rings. The molecule has 3 N–H and O–H groups in total. The number of carboxylic acid groups (broad SMARTS) is 1. The van der Waals surface area contributed by atoms with Gasteiger partial charge < -0.3 is 20.6 Å². The third-order valence-electron chi connectivity index (χ3n) is 4.27. The number of aliphatic carboxylic acids is 1. The lowest BCUT2D eigenvalue weighted by Gasteiger charge is -2.36. The normalized spacial score (nSPS) is 24.8. The van der Waals surface area contributed by atoms with E-state index in [1.165, 1.54) is 4.90 Å². The molecule has 0 bridgehead atoms. The van der Waals surface area contributed by atoms with Crippen LogP contribution < -0.4 is 5.73 Å². The number of amides is 2. The number of urea groups is 1. The van der Waals surface area contributed by atoms with Crippen LogP contribution in [0.2, 0.25) is 0 Å². The minimum absolute atomic E-state index is 0.00527. The van der Waals surface area contributed by atoms with E-state index in [0.29, 0.717) is 26.1 Å². The van der Waals surface area contributed by atoms with E-state index in [0.717, 1.165) is 17.5 Å². The van der Waals surface area contributed by atoms with Crippen molar-refractivity contribution in [3.63, 3.8) is 0 Å². The average Bonchev–Trinajstić information content (AvgIpc) is 2.91. The maximum atomic E-state index is 12.6. The van der Waals surface area contributed by atoms with E-state index in [1.807, 2.05) is 24.3 Å². The van der Waals surface area contributed by atoms with Gasteiger partial charge in [-0.15, -0.1) is 0 Å². The van der Waals surface area contributed by atoms with Gasteiger partial charge in [0.1, 0.15) is 6.04 Å². The molecule has 2 amide bonds. The van der Waals surface area contributed by atoms with Gasteiger partial charge in [0.15, 0.2) is 0 Å². The average molecular weight is 289 g/mol. The number of fused-ring (bicyclic) bond motifs is 1. The topological polar surface area (TPSA) is 86.9 Å². The van der Waals surface area contributed by atoms with Crippen LogP contribution in [0.15, 0.2) is 24.3 Å². The van der Waals surface area contributed by atoms with E-state index >= 15 is 0 Å². The first-order valence-corrected chi connectivity index (χ1v) is 7.17. The Kier molecular flexibility index (Phi) is 3.55. The zero-order valence-corrected chi connectivity index (χ0v) is 11.7. The monoisotopic (exact) mass is 289 g/mol. The zero-order valence-electron chi connectivity index (χ0n) is 11.7. The molecule has 0 saturated carbocycles. The highest BCUT2D eigenvalue weighted by molar-refractivity contribution is 5.83. The Morgan fingerprint density at radius 2 is 1.95 bits per heavy atom. The predicted molar refractivity (Wildman–Crippen MR) is 76.7 cm³/mol. The highest BCUT2D eigenvalue weighted by atomic mass is 16.4. The molecule has 0 spiro atoms. The molecule has 2 aliphatic heterocycles. The summed E-state index contributed by atoms with van der Waals surface area (Å²) in [5, 5.41) is 9.44. The fraction of sp³-hybridized carbons (Fsp3) is 0.467. The van der Waals surface area contributed by atoms with E-state index in [9.17, 15) is 14.7 Å². The van der Waals surface area contributed by atoms with Gasteiger partial charge in [0.2, 0.25) is 0 Å². The first kappa shape index (κ1) is 13.9. The van der Waals surface area contributed by atoms with E-state index < -0.39 is 12.0 Å². The summed E-state index contributed by atoms with van der Waals surface area (Å²) in [6.07, 6.45) is 1.13. The second-order valence-corrected chi connectivity index (χ2v) is 5.73. The molecule has 6 heteroatoms. The number of hydrogen-bond acceptors (Lipinski definition) is 3. The lowest BCUT2D eigenvalue weighted by Crippen LogP contribution is -2.53. The van der Waals surface area contributed by atoms with Crippen molar-refractivity contribution >= 4 is 12.0 Å². The lowest BCUT2D eigenvalue weighted by molar-refractivity contribution is -0.142.